The van der Waals surface area contributed by atoms with Crippen LogP contribution in [-0.4, -0.2) is 20.2 Å². The molecule has 0 bridgehead atoms. The lowest BCUT2D eigenvalue weighted by molar-refractivity contribution is 0.626. The Morgan fingerprint density at radius 2 is 2.00 bits per heavy atom. The zero-order chi connectivity index (χ0) is 17.1. The second-order valence-corrected chi connectivity index (χ2v) is 6.22. The molecule has 1 aromatic carbocycles. The van der Waals surface area contributed by atoms with Gasteiger partial charge in [-0.3, -0.25) is 5.10 Å². The molecule has 3 rings (SSSR count). The van der Waals surface area contributed by atoms with Gasteiger partial charge in [-0.1, -0.05) is 12.1 Å². The van der Waals surface area contributed by atoms with Gasteiger partial charge in [0, 0.05) is 18.0 Å². The van der Waals surface area contributed by atoms with Crippen LogP contribution in [-0.2, 0) is 0 Å². The molecule has 0 aliphatic carbocycles. The van der Waals surface area contributed by atoms with Crippen LogP contribution in [0.4, 0.5) is 22.0 Å². The molecule has 0 unspecified atom stereocenters. The Morgan fingerprint density at radius 3 is 2.67 bits per heavy atom. The van der Waals surface area contributed by atoms with E-state index in [1.165, 1.54) is 12.1 Å². The lowest BCUT2D eigenvalue weighted by Crippen LogP contribution is -2.10. The molecule has 2 heterocycles. The van der Waals surface area contributed by atoms with Crippen molar-refractivity contribution in [2.45, 2.75) is 19.9 Å². The first-order valence-corrected chi connectivity index (χ1v) is 8.14. The summed E-state index contributed by atoms with van der Waals surface area (Å²) in [5, 5.41) is 13.3. The Bertz CT molecular complexity index is 833. The van der Waals surface area contributed by atoms with Crippen LogP contribution in [0.3, 0.4) is 0 Å². The topological polar surface area (TPSA) is 78.5 Å². The van der Waals surface area contributed by atoms with E-state index < -0.39 is 0 Å². The van der Waals surface area contributed by atoms with Gasteiger partial charge in [0.15, 0.2) is 11.6 Å². The van der Waals surface area contributed by atoms with E-state index in [0.717, 1.165) is 15.7 Å². The van der Waals surface area contributed by atoms with E-state index in [-0.39, 0.29) is 11.9 Å². The minimum atomic E-state index is -0.258. The van der Waals surface area contributed by atoms with Gasteiger partial charge in [-0.15, -0.1) is 0 Å². The van der Waals surface area contributed by atoms with E-state index in [1.54, 1.807) is 18.3 Å². The second-order valence-electron chi connectivity index (χ2n) is 5.37. The molecule has 1 atom stereocenters. The Labute approximate surface area is 147 Å². The monoisotopic (exact) mass is 390 g/mol. The third kappa shape index (κ3) is 3.88. The third-order valence-corrected chi connectivity index (χ3v) is 3.99. The molecule has 8 heteroatoms. The number of halogens is 2. The normalized spacial score (nSPS) is 12.0. The molecule has 24 heavy (non-hydrogen) atoms. The zero-order valence-electron chi connectivity index (χ0n) is 13.1. The smallest absolute Gasteiger partial charge is 0.225 e. The molecule has 0 radical (unpaired) electrons. The first-order chi connectivity index (χ1) is 11.5. The molecule has 0 saturated carbocycles. The number of nitrogens with one attached hydrogen (secondary N) is 3. The predicted molar refractivity (Wildman–Crippen MR) is 94.8 cm³/mol. The van der Waals surface area contributed by atoms with Gasteiger partial charge in [-0.05, 0) is 47.5 Å². The first-order valence-electron chi connectivity index (χ1n) is 7.35. The molecular weight excluding hydrogens is 375 g/mol. The van der Waals surface area contributed by atoms with Gasteiger partial charge in [0.2, 0.25) is 5.95 Å². The quantitative estimate of drug-likeness (QED) is 0.604. The van der Waals surface area contributed by atoms with Crippen LogP contribution < -0.4 is 10.6 Å². The molecule has 124 valence electrons. The zero-order valence-corrected chi connectivity index (χ0v) is 14.7. The summed E-state index contributed by atoms with van der Waals surface area (Å²) < 4.78 is 13.7. The average Bonchev–Trinajstić information content (AvgIpc) is 2.96. The highest BCUT2D eigenvalue weighted by atomic mass is 79.9. The SMILES string of the molecule is Cc1cc(Nc2nc(N[C@@H](C)c3ccc(F)cc3)ncc2Br)n[nH]1. The maximum Gasteiger partial charge on any atom is 0.225 e. The molecule has 0 fully saturated rings. The molecule has 0 saturated heterocycles. The molecule has 0 spiro atoms. The number of H-pyrrole nitrogens is 1. The fraction of sp³-hybridized carbons (Fsp3) is 0.188. The fourth-order valence-corrected chi connectivity index (χ4v) is 2.45. The summed E-state index contributed by atoms with van der Waals surface area (Å²) in [7, 11) is 0. The van der Waals surface area contributed by atoms with Gasteiger partial charge in [-0.25, -0.2) is 9.37 Å². The van der Waals surface area contributed by atoms with Crippen LogP contribution in [0.15, 0.2) is 41.0 Å². The number of aryl methyl sites for hydroxylation is 1. The second kappa shape index (κ2) is 6.96. The van der Waals surface area contributed by atoms with Gasteiger partial charge in [0.1, 0.15) is 5.82 Å². The largest absolute Gasteiger partial charge is 0.348 e. The lowest BCUT2D eigenvalue weighted by atomic mass is 10.1. The van der Waals surface area contributed by atoms with Crippen LogP contribution in [0.2, 0.25) is 0 Å². The van der Waals surface area contributed by atoms with Crippen molar-refractivity contribution in [3.63, 3.8) is 0 Å². The van der Waals surface area contributed by atoms with Crippen molar-refractivity contribution in [3.05, 3.63) is 58.1 Å². The van der Waals surface area contributed by atoms with E-state index in [1.807, 2.05) is 19.9 Å². The summed E-state index contributed by atoms with van der Waals surface area (Å²) in [6, 6.07) is 8.15. The Morgan fingerprint density at radius 1 is 1.25 bits per heavy atom. The van der Waals surface area contributed by atoms with Crippen LogP contribution in [0.1, 0.15) is 24.2 Å². The summed E-state index contributed by atoms with van der Waals surface area (Å²) in [4.78, 5) is 8.71. The highest BCUT2D eigenvalue weighted by Gasteiger charge is 2.11. The highest BCUT2D eigenvalue weighted by molar-refractivity contribution is 9.10. The highest BCUT2D eigenvalue weighted by Crippen LogP contribution is 2.25. The molecule has 2 aromatic heterocycles. The predicted octanol–water partition coefficient (Wildman–Crippen LogP) is 4.33. The van der Waals surface area contributed by atoms with Crippen molar-refractivity contribution in [3.8, 4) is 0 Å². The number of rotatable bonds is 5. The maximum absolute atomic E-state index is 13.0. The number of hydrogen-bond acceptors (Lipinski definition) is 5. The number of aromatic nitrogens is 4. The summed E-state index contributed by atoms with van der Waals surface area (Å²) >= 11 is 3.42. The lowest BCUT2D eigenvalue weighted by Gasteiger charge is -2.15. The minimum absolute atomic E-state index is 0.0627. The number of benzene rings is 1. The Hall–Kier alpha value is -2.48. The summed E-state index contributed by atoms with van der Waals surface area (Å²) in [6.45, 7) is 3.88. The number of anilines is 3. The minimum Gasteiger partial charge on any atom is -0.348 e. The van der Waals surface area contributed by atoms with Gasteiger partial charge in [0.05, 0.1) is 10.5 Å². The fourth-order valence-electron chi connectivity index (χ4n) is 2.16. The first kappa shape index (κ1) is 16.4. The van der Waals surface area contributed by atoms with E-state index >= 15 is 0 Å². The summed E-state index contributed by atoms with van der Waals surface area (Å²) in [5.41, 5.74) is 1.89. The average molecular weight is 391 g/mol. The van der Waals surface area contributed by atoms with E-state index in [2.05, 4.69) is 46.7 Å². The van der Waals surface area contributed by atoms with Crippen molar-refractivity contribution in [2.75, 3.05) is 10.6 Å². The Balaban J connectivity index is 1.76. The van der Waals surface area contributed by atoms with Gasteiger partial charge in [-0.2, -0.15) is 10.1 Å². The van der Waals surface area contributed by atoms with Crippen LogP contribution in [0.5, 0.6) is 0 Å². The van der Waals surface area contributed by atoms with Gasteiger partial charge < -0.3 is 10.6 Å². The van der Waals surface area contributed by atoms with Gasteiger partial charge in [0.25, 0.3) is 0 Å². The van der Waals surface area contributed by atoms with E-state index in [9.17, 15) is 4.39 Å². The number of hydrogen-bond donors (Lipinski definition) is 3. The van der Waals surface area contributed by atoms with E-state index in [0.29, 0.717) is 17.6 Å². The number of aromatic amines is 1. The van der Waals surface area contributed by atoms with Crippen molar-refractivity contribution in [2.24, 2.45) is 0 Å². The summed E-state index contributed by atoms with van der Waals surface area (Å²) in [5.74, 6) is 1.48. The van der Waals surface area contributed by atoms with Gasteiger partial charge >= 0.3 is 0 Å². The number of nitrogens with zero attached hydrogens (tertiary/aromatic N) is 3. The standard InChI is InChI=1S/C16H16BrFN6/c1-9-7-14(24-23-9)21-15-13(17)8-19-16(22-15)20-10(2)11-3-5-12(18)6-4-11/h3-8,10H,1-2H3,(H3,19,20,21,22,23,24)/t10-/m0/s1. The maximum atomic E-state index is 13.0. The van der Waals surface area contributed by atoms with E-state index in [4.69, 9.17) is 0 Å². The molecule has 0 aliphatic heterocycles. The van der Waals surface area contributed by atoms with Crippen LogP contribution >= 0.6 is 15.9 Å². The van der Waals surface area contributed by atoms with Crippen molar-refractivity contribution < 1.29 is 4.39 Å². The molecule has 6 nitrogen and oxygen atoms in total. The van der Waals surface area contributed by atoms with Crippen molar-refractivity contribution in [1.82, 2.24) is 20.2 Å². The third-order valence-electron chi connectivity index (χ3n) is 3.41. The van der Waals surface area contributed by atoms with Crippen LogP contribution in [0, 0.1) is 12.7 Å². The van der Waals surface area contributed by atoms with Crippen LogP contribution in [0.25, 0.3) is 0 Å². The molecule has 0 amide bonds. The Kier molecular flexibility index (Phi) is 4.75. The van der Waals surface area contributed by atoms with Crippen molar-refractivity contribution >= 4 is 33.5 Å². The molecule has 3 N–H and O–H groups in total. The summed E-state index contributed by atoms with van der Waals surface area (Å²) in [6.07, 6.45) is 1.66. The molecule has 0 aliphatic rings. The molecular formula is C16H16BrFN6. The van der Waals surface area contributed by atoms with Crippen molar-refractivity contribution in [1.29, 1.82) is 0 Å². The molecule has 3 aromatic rings.